The third kappa shape index (κ3) is 1.96. The molecule has 1 rings (SSSR count). The number of hydrogen-bond donors (Lipinski definition) is 1. The molecule has 0 unspecified atom stereocenters. The molecule has 0 saturated carbocycles. The minimum Gasteiger partial charge on any atom is -0.332 e. The van der Waals surface area contributed by atoms with Gasteiger partial charge in [0.25, 0.3) is 10.0 Å². The molecule has 1 aromatic rings. The maximum Gasteiger partial charge on any atom is 0.259 e. The summed E-state index contributed by atoms with van der Waals surface area (Å²) in [5.74, 6) is 0.881. The number of nitrogens with zero attached hydrogens (tertiary/aromatic N) is 2. The fourth-order valence-corrected chi connectivity index (χ4v) is 1.75. The van der Waals surface area contributed by atoms with Crippen LogP contribution in [-0.2, 0) is 10.0 Å². The molecule has 0 aromatic carbocycles. The average Bonchev–Trinajstić information content (AvgIpc) is 2.51. The highest BCUT2D eigenvalue weighted by Gasteiger charge is 2.20. The van der Waals surface area contributed by atoms with E-state index in [1.165, 1.54) is 20.3 Å². The summed E-state index contributed by atoms with van der Waals surface area (Å²) in [7, 11) is -0.392. The van der Waals surface area contributed by atoms with Gasteiger partial charge in [-0.1, -0.05) is 13.8 Å². The van der Waals surface area contributed by atoms with Crippen LogP contribution in [0.2, 0.25) is 0 Å². The van der Waals surface area contributed by atoms with Gasteiger partial charge in [-0.2, -0.15) is 0 Å². The Morgan fingerprint density at radius 1 is 1.43 bits per heavy atom. The predicted molar refractivity (Wildman–Crippen MR) is 53.5 cm³/mol. The van der Waals surface area contributed by atoms with Crippen molar-refractivity contribution in [2.75, 3.05) is 14.1 Å². The molecule has 1 heterocycles. The summed E-state index contributed by atoms with van der Waals surface area (Å²) in [6.45, 7) is 3.90. The van der Waals surface area contributed by atoms with E-state index in [9.17, 15) is 8.42 Å². The van der Waals surface area contributed by atoms with Crippen LogP contribution < -0.4 is 0 Å². The third-order valence-electron chi connectivity index (χ3n) is 1.88. The van der Waals surface area contributed by atoms with Crippen LogP contribution in [0.3, 0.4) is 0 Å². The van der Waals surface area contributed by atoms with Crippen LogP contribution in [0, 0.1) is 0 Å². The first-order valence-electron chi connectivity index (χ1n) is 4.33. The van der Waals surface area contributed by atoms with Gasteiger partial charge >= 0.3 is 0 Å². The molecule has 6 heteroatoms. The van der Waals surface area contributed by atoms with Gasteiger partial charge in [0.15, 0.2) is 5.03 Å². The Hall–Kier alpha value is -0.880. The summed E-state index contributed by atoms with van der Waals surface area (Å²) in [5.41, 5.74) is 0. The first-order valence-corrected chi connectivity index (χ1v) is 5.77. The summed E-state index contributed by atoms with van der Waals surface area (Å²) >= 11 is 0. The molecule has 0 saturated heterocycles. The van der Waals surface area contributed by atoms with E-state index in [-0.39, 0.29) is 10.9 Å². The molecule has 14 heavy (non-hydrogen) atoms. The number of sulfonamides is 1. The van der Waals surface area contributed by atoms with E-state index in [1.807, 2.05) is 13.8 Å². The van der Waals surface area contributed by atoms with Gasteiger partial charge < -0.3 is 4.98 Å². The molecule has 1 N–H and O–H groups in total. The number of hydrogen-bond acceptors (Lipinski definition) is 3. The molecule has 0 aliphatic carbocycles. The van der Waals surface area contributed by atoms with Gasteiger partial charge in [0.1, 0.15) is 5.82 Å². The van der Waals surface area contributed by atoms with E-state index < -0.39 is 10.0 Å². The molecule has 5 nitrogen and oxygen atoms in total. The van der Waals surface area contributed by atoms with Crippen LogP contribution in [-0.4, -0.2) is 36.8 Å². The average molecular weight is 217 g/mol. The number of rotatable bonds is 3. The lowest BCUT2D eigenvalue weighted by Crippen LogP contribution is -2.22. The molecule has 1 aromatic heterocycles. The van der Waals surface area contributed by atoms with Crippen molar-refractivity contribution in [1.29, 1.82) is 0 Å². The normalized spacial score (nSPS) is 12.7. The fraction of sp³-hybridized carbons (Fsp3) is 0.625. The smallest absolute Gasteiger partial charge is 0.259 e. The zero-order chi connectivity index (χ0) is 10.9. The maximum atomic E-state index is 11.6. The largest absolute Gasteiger partial charge is 0.332 e. The highest BCUT2D eigenvalue weighted by Crippen LogP contribution is 2.14. The van der Waals surface area contributed by atoms with Gasteiger partial charge in [0, 0.05) is 20.0 Å². The summed E-state index contributed by atoms with van der Waals surface area (Å²) in [6.07, 6.45) is 1.35. The van der Waals surface area contributed by atoms with Gasteiger partial charge in [-0.15, -0.1) is 0 Å². The molecule has 0 amide bonds. The monoisotopic (exact) mass is 217 g/mol. The van der Waals surface area contributed by atoms with Gasteiger partial charge in [0.2, 0.25) is 0 Å². The Bertz CT molecular complexity index is 406. The first kappa shape index (κ1) is 11.2. The molecule has 80 valence electrons. The molecule has 0 aliphatic heterocycles. The van der Waals surface area contributed by atoms with Crippen LogP contribution in [0.4, 0.5) is 0 Å². The molecule has 0 atom stereocenters. The van der Waals surface area contributed by atoms with Gasteiger partial charge in [-0.25, -0.2) is 17.7 Å². The lowest BCUT2D eigenvalue weighted by molar-refractivity contribution is 0.517. The number of imidazole rings is 1. The number of nitrogens with one attached hydrogen (secondary N) is 1. The maximum absolute atomic E-state index is 11.6. The van der Waals surface area contributed by atoms with Crippen molar-refractivity contribution < 1.29 is 8.42 Å². The van der Waals surface area contributed by atoms with Crippen molar-refractivity contribution in [3.8, 4) is 0 Å². The van der Waals surface area contributed by atoms with Crippen molar-refractivity contribution in [1.82, 2.24) is 14.3 Å². The summed E-state index contributed by atoms with van der Waals surface area (Å²) in [5, 5.41) is 0.145. The van der Waals surface area contributed by atoms with Gasteiger partial charge in [-0.05, 0) is 0 Å². The van der Waals surface area contributed by atoms with Crippen LogP contribution >= 0.6 is 0 Å². The molecule has 0 fully saturated rings. The Morgan fingerprint density at radius 3 is 2.36 bits per heavy atom. The minimum absolute atomic E-state index is 0.145. The lowest BCUT2D eigenvalue weighted by atomic mass is 10.2. The zero-order valence-corrected chi connectivity index (χ0v) is 9.59. The van der Waals surface area contributed by atoms with E-state index in [0.29, 0.717) is 5.82 Å². The second-order valence-electron chi connectivity index (χ2n) is 3.57. The molecule has 0 aliphatic rings. The molecule has 0 radical (unpaired) electrons. The Balaban J connectivity index is 3.10. The number of H-pyrrole nitrogens is 1. The van der Waals surface area contributed by atoms with E-state index >= 15 is 0 Å². The van der Waals surface area contributed by atoms with Crippen molar-refractivity contribution >= 4 is 10.0 Å². The van der Waals surface area contributed by atoms with Crippen molar-refractivity contribution in [2.45, 2.75) is 24.8 Å². The quantitative estimate of drug-likeness (QED) is 0.813. The van der Waals surface area contributed by atoms with E-state index in [4.69, 9.17) is 0 Å². The summed E-state index contributed by atoms with van der Waals surface area (Å²) in [6, 6.07) is 0. The van der Waals surface area contributed by atoms with Crippen LogP contribution in [0.5, 0.6) is 0 Å². The summed E-state index contributed by atoms with van der Waals surface area (Å²) in [4.78, 5) is 6.80. The number of aromatic amines is 1. The Kier molecular flexibility index (Phi) is 2.96. The van der Waals surface area contributed by atoms with Crippen LogP contribution in [0.15, 0.2) is 11.2 Å². The predicted octanol–water partition coefficient (Wildman–Crippen LogP) is 0.783. The SMILES string of the molecule is CC(C)c1ncc(S(=O)(=O)N(C)C)[nH]1. The first-order chi connectivity index (χ1) is 6.35. The topological polar surface area (TPSA) is 66.1 Å². The highest BCUT2D eigenvalue weighted by molar-refractivity contribution is 7.89. The van der Waals surface area contributed by atoms with E-state index in [1.54, 1.807) is 0 Å². The highest BCUT2D eigenvalue weighted by atomic mass is 32.2. The fourth-order valence-electron chi connectivity index (χ4n) is 0.940. The van der Waals surface area contributed by atoms with Gasteiger partial charge in [-0.3, -0.25) is 0 Å². The molecular formula is C8H15N3O2S. The number of aromatic nitrogens is 2. The molecule has 0 spiro atoms. The molecule has 0 bridgehead atoms. The van der Waals surface area contributed by atoms with E-state index in [2.05, 4.69) is 9.97 Å². The Morgan fingerprint density at radius 2 is 2.00 bits per heavy atom. The standard InChI is InChI=1S/C8H15N3O2S/c1-6(2)8-9-5-7(10-8)14(12,13)11(3)4/h5-6H,1-4H3,(H,9,10). The van der Waals surface area contributed by atoms with E-state index in [0.717, 1.165) is 4.31 Å². The third-order valence-corrected chi connectivity index (χ3v) is 3.60. The lowest BCUT2D eigenvalue weighted by Gasteiger charge is -2.08. The van der Waals surface area contributed by atoms with Crippen molar-refractivity contribution in [2.24, 2.45) is 0 Å². The van der Waals surface area contributed by atoms with Crippen molar-refractivity contribution in [3.05, 3.63) is 12.0 Å². The Labute approximate surface area is 84.2 Å². The second kappa shape index (κ2) is 3.70. The van der Waals surface area contributed by atoms with Crippen LogP contribution in [0.25, 0.3) is 0 Å². The zero-order valence-electron chi connectivity index (χ0n) is 8.77. The van der Waals surface area contributed by atoms with Crippen molar-refractivity contribution in [3.63, 3.8) is 0 Å². The minimum atomic E-state index is -3.37. The van der Waals surface area contributed by atoms with Crippen LogP contribution in [0.1, 0.15) is 25.6 Å². The summed E-state index contributed by atoms with van der Waals surface area (Å²) < 4.78 is 24.4. The second-order valence-corrected chi connectivity index (χ2v) is 5.70. The molecular weight excluding hydrogens is 202 g/mol. The van der Waals surface area contributed by atoms with Gasteiger partial charge in [0.05, 0.1) is 6.20 Å².